The van der Waals surface area contributed by atoms with Crippen LogP contribution in [0.5, 0.6) is 5.75 Å². The van der Waals surface area contributed by atoms with Crippen LogP contribution in [0, 0.1) is 0 Å². The topological polar surface area (TPSA) is 70.1 Å². The number of carboxylic acids is 1. The minimum atomic E-state index is -1.11. The third kappa shape index (κ3) is 3.75. The van der Waals surface area contributed by atoms with Gasteiger partial charge >= 0.3 is 5.97 Å². The van der Waals surface area contributed by atoms with Crippen LogP contribution >= 0.6 is 0 Å². The molecule has 112 valence electrons. The van der Waals surface area contributed by atoms with Crippen LogP contribution < -0.4 is 9.64 Å². The maximum absolute atomic E-state index is 11.8. The SMILES string of the molecule is COc1ccccc1N1CCN(C(=O)C=CC(=O)O)CC1. The van der Waals surface area contributed by atoms with E-state index in [4.69, 9.17) is 9.84 Å². The molecule has 1 heterocycles. The molecule has 1 aliphatic rings. The number of hydrogen-bond donors (Lipinski definition) is 1. The molecule has 0 atom stereocenters. The van der Waals surface area contributed by atoms with Gasteiger partial charge in [0.15, 0.2) is 0 Å². The molecular weight excluding hydrogens is 272 g/mol. The summed E-state index contributed by atoms with van der Waals surface area (Å²) in [5.41, 5.74) is 1.01. The monoisotopic (exact) mass is 290 g/mol. The molecule has 2 rings (SSSR count). The molecule has 0 radical (unpaired) electrons. The van der Waals surface area contributed by atoms with E-state index < -0.39 is 5.97 Å². The van der Waals surface area contributed by atoms with E-state index in [0.717, 1.165) is 23.6 Å². The number of piperazine rings is 1. The van der Waals surface area contributed by atoms with Crippen molar-refractivity contribution in [2.45, 2.75) is 0 Å². The van der Waals surface area contributed by atoms with Crippen LogP contribution in [0.1, 0.15) is 0 Å². The third-order valence-electron chi connectivity index (χ3n) is 3.39. The predicted molar refractivity (Wildman–Crippen MR) is 78.6 cm³/mol. The second kappa shape index (κ2) is 6.78. The van der Waals surface area contributed by atoms with E-state index in [1.807, 2.05) is 24.3 Å². The second-order valence-electron chi connectivity index (χ2n) is 4.66. The van der Waals surface area contributed by atoms with Crippen LogP contribution in [0.15, 0.2) is 36.4 Å². The van der Waals surface area contributed by atoms with E-state index in [9.17, 15) is 9.59 Å². The maximum atomic E-state index is 11.8. The Labute approximate surface area is 123 Å². The summed E-state index contributed by atoms with van der Waals surface area (Å²) >= 11 is 0. The van der Waals surface area contributed by atoms with Crippen molar-refractivity contribution in [3.63, 3.8) is 0 Å². The molecule has 6 heteroatoms. The fourth-order valence-corrected chi connectivity index (χ4v) is 2.31. The van der Waals surface area contributed by atoms with Gasteiger partial charge in [-0.3, -0.25) is 4.79 Å². The van der Waals surface area contributed by atoms with Crippen molar-refractivity contribution in [1.29, 1.82) is 0 Å². The van der Waals surface area contributed by atoms with Crippen LogP contribution in [-0.2, 0) is 9.59 Å². The van der Waals surface area contributed by atoms with Crippen molar-refractivity contribution < 1.29 is 19.4 Å². The fourth-order valence-electron chi connectivity index (χ4n) is 2.31. The van der Waals surface area contributed by atoms with Crippen molar-refractivity contribution >= 4 is 17.6 Å². The average molecular weight is 290 g/mol. The molecule has 1 aromatic carbocycles. The minimum absolute atomic E-state index is 0.267. The smallest absolute Gasteiger partial charge is 0.328 e. The first-order chi connectivity index (χ1) is 10.1. The summed E-state index contributed by atoms with van der Waals surface area (Å²) in [6, 6.07) is 7.76. The molecule has 1 N–H and O–H groups in total. The number of ether oxygens (including phenoxy) is 1. The molecule has 0 aromatic heterocycles. The maximum Gasteiger partial charge on any atom is 0.328 e. The van der Waals surface area contributed by atoms with E-state index >= 15 is 0 Å². The van der Waals surface area contributed by atoms with Crippen molar-refractivity contribution in [2.75, 3.05) is 38.2 Å². The van der Waals surface area contributed by atoms with Gasteiger partial charge in [0.25, 0.3) is 0 Å². The lowest BCUT2D eigenvalue weighted by Crippen LogP contribution is -2.48. The van der Waals surface area contributed by atoms with Gasteiger partial charge in [-0.05, 0) is 12.1 Å². The molecule has 1 saturated heterocycles. The zero-order valence-electron chi connectivity index (χ0n) is 11.9. The van der Waals surface area contributed by atoms with E-state index in [0.29, 0.717) is 26.2 Å². The number of nitrogens with zero attached hydrogens (tertiary/aromatic N) is 2. The molecule has 0 spiro atoms. The van der Waals surface area contributed by atoms with Gasteiger partial charge in [0.2, 0.25) is 5.91 Å². The number of methoxy groups -OCH3 is 1. The molecule has 6 nitrogen and oxygen atoms in total. The zero-order valence-corrected chi connectivity index (χ0v) is 11.9. The molecule has 0 aliphatic carbocycles. The van der Waals surface area contributed by atoms with E-state index in [-0.39, 0.29) is 5.91 Å². The third-order valence-corrected chi connectivity index (χ3v) is 3.39. The Morgan fingerprint density at radius 1 is 1.14 bits per heavy atom. The first kappa shape index (κ1) is 14.9. The number of carbonyl (C=O) groups is 2. The van der Waals surface area contributed by atoms with Gasteiger partial charge in [-0.15, -0.1) is 0 Å². The summed E-state index contributed by atoms with van der Waals surface area (Å²) in [5, 5.41) is 8.53. The lowest BCUT2D eigenvalue weighted by atomic mass is 10.2. The van der Waals surface area contributed by atoms with Crippen LogP contribution in [0.2, 0.25) is 0 Å². The largest absolute Gasteiger partial charge is 0.495 e. The van der Waals surface area contributed by atoms with Gasteiger partial charge in [-0.2, -0.15) is 0 Å². The van der Waals surface area contributed by atoms with E-state index in [2.05, 4.69) is 4.90 Å². The quantitative estimate of drug-likeness (QED) is 0.837. The molecule has 1 aromatic rings. The van der Waals surface area contributed by atoms with Crippen molar-refractivity contribution in [2.24, 2.45) is 0 Å². The number of rotatable bonds is 4. The second-order valence-corrected chi connectivity index (χ2v) is 4.66. The summed E-state index contributed by atoms with van der Waals surface area (Å²) in [7, 11) is 1.63. The van der Waals surface area contributed by atoms with Gasteiger partial charge in [-0.25, -0.2) is 4.79 Å². The Bertz CT molecular complexity index is 548. The average Bonchev–Trinajstić information content (AvgIpc) is 2.52. The Hall–Kier alpha value is -2.50. The standard InChI is InChI=1S/C15H18N2O4/c1-21-13-5-3-2-4-12(13)16-8-10-17(11-9-16)14(18)6-7-15(19)20/h2-7H,8-11H2,1H3,(H,19,20). The number of para-hydroxylation sites is 2. The number of amides is 1. The highest BCUT2D eigenvalue weighted by Gasteiger charge is 2.21. The molecule has 0 bridgehead atoms. The molecule has 0 unspecified atom stereocenters. The van der Waals surface area contributed by atoms with Gasteiger partial charge in [0.05, 0.1) is 12.8 Å². The first-order valence-corrected chi connectivity index (χ1v) is 6.69. The number of anilines is 1. The van der Waals surface area contributed by atoms with Crippen LogP contribution in [0.4, 0.5) is 5.69 Å². The fraction of sp³-hybridized carbons (Fsp3) is 0.333. The van der Waals surface area contributed by atoms with E-state index in [1.54, 1.807) is 12.0 Å². The Balaban J connectivity index is 1.97. The van der Waals surface area contributed by atoms with Crippen LogP contribution in [0.3, 0.4) is 0 Å². The van der Waals surface area contributed by atoms with Gasteiger partial charge in [0, 0.05) is 38.3 Å². The van der Waals surface area contributed by atoms with Gasteiger partial charge in [-0.1, -0.05) is 12.1 Å². The van der Waals surface area contributed by atoms with Crippen LogP contribution in [0.25, 0.3) is 0 Å². The zero-order chi connectivity index (χ0) is 15.2. The molecule has 21 heavy (non-hydrogen) atoms. The van der Waals surface area contributed by atoms with Crippen molar-refractivity contribution in [3.05, 3.63) is 36.4 Å². The van der Waals surface area contributed by atoms with Crippen LogP contribution in [-0.4, -0.2) is 55.2 Å². The molecule has 0 saturated carbocycles. The minimum Gasteiger partial charge on any atom is -0.495 e. The molecule has 1 amide bonds. The number of aliphatic carboxylic acids is 1. The summed E-state index contributed by atoms with van der Waals surface area (Å²) in [4.78, 5) is 26.0. The summed E-state index contributed by atoms with van der Waals surface area (Å²) in [5.74, 6) is -0.573. The number of benzene rings is 1. The number of carboxylic acid groups (broad SMARTS) is 1. The first-order valence-electron chi connectivity index (χ1n) is 6.69. The normalized spacial score (nSPS) is 15.3. The molecule has 1 aliphatic heterocycles. The number of carbonyl (C=O) groups excluding carboxylic acids is 1. The Kier molecular flexibility index (Phi) is 4.81. The Morgan fingerprint density at radius 3 is 2.43 bits per heavy atom. The highest BCUT2D eigenvalue weighted by Crippen LogP contribution is 2.28. The summed E-state index contributed by atoms with van der Waals surface area (Å²) in [6.45, 7) is 2.49. The van der Waals surface area contributed by atoms with Crippen molar-refractivity contribution in [1.82, 2.24) is 4.90 Å². The lowest BCUT2D eigenvalue weighted by Gasteiger charge is -2.36. The van der Waals surface area contributed by atoms with Gasteiger partial charge < -0.3 is 19.6 Å². The highest BCUT2D eigenvalue weighted by molar-refractivity contribution is 5.94. The van der Waals surface area contributed by atoms with Gasteiger partial charge in [0.1, 0.15) is 5.75 Å². The number of hydrogen-bond acceptors (Lipinski definition) is 4. The van der Waals surface area contributed by atoms with E-state index in [1.165, 1.54) is 0 Å². The predicted octanol–water partition coefficient (Wildman–Crippen LogP) is 0.985. The Morgan fingerprint density at radius 2 is 1.81 bits per heavy atom. The highest BCUT2D eigenvalue weighted by atomic mass is 16.5. The summed E-state index contributed by atoms with van der Waals surface area (Å²) < 4.78 is 5.34. The lowest BCUT2D eigenvalue weighted by molar-refractivity contribution is -0.132. The molecular formula is C15H18N2O4. The summed E-state index contributed by atoms with van der Waals surface area (Å²) in [6.07, 6.45) is 1.97. The van der Waals surface area contributed by atoms with Crippen molar-refractivity contribution in [3.8, 4) is 5.75 Å². The molecule has 1 fully saturated rings.